The highest BCUT2D eigenvalue weighted by Gasteiger charge is 2.17. The smallest absolute Gasteiger partial charge is 0.173 e. The number of anilines is 2. The summed E-state index contributed by atoms with van der Waals surface area (Å²) in [5.74, 6) is 1.94. The first-order chi connectivity index (χ1) is 12.3. The number of hydrogen-bond acceptors (Lipinski definition) is 6. The lowest BCUT2D eigenvalue weighted by molar-refractivity contribution is 0.399. The molecule has 4 heterocycles. The lowest BCUT2D eigenvalue weighted by Gasteiger charge is -2.18. The van der Waals surface area contributed by atoms with Crippen LogP contribution in [0, 0.1) is 0 Å². The van der Waals surface area contributed by atoms with Gasteiger partial charge in [0, 0.05) is 45.2 Å². The molecule has 0 bridgehead atoms. The monoisotopic (exact) mass is 404 g/mol. The zero-order valence-corrected chi connectivity index (χ0v) is 15.6. The molecular formula is C17H21BrN6O. The standard InChI is InChI=1S/C16H17BrN6.CH4O/c17-13-11-20-23-14(19-10-12-4-3-5-18-9-12)8-15(21-16(13)23)22-6-1-2-7-22;1-2/h3-5,8-9,11,19H,1-2,6-7,10H2;2H,1H3. The molecule has 0 aromatic carbocycles. The van der Waals surface area contributed by atoms with Crippen molar-refractivity contribution in [3.63, 3.8) is 0 Å². The molecule has 0 atom stereocenters. The summed E-state index contributed by atoms with van der Waals surface area (Å²) in [6, 6.07) is 6.08. The van der Waals surface area contributed by atoms with Crippen LogP contribution in [0.1, 0.15) is 18.4 Å². The van der Waals surface area contributed by atoms with Gasteiger partial charge in [-0.25, -0.2) is 4.98 Å². The molecule has 0 spiro atoms. The molecule has 0 aliphatic carbocycles. The molecule has 0 amide bonds. The fourth-order valence-electron chi connectivity index (χ4n) is 2.85. The topological polar surface area (TPSA) is 78.6 Å². The highest BCUT2D eigenvalue weighted by molar-refractivity contribution is 9.10. The molecular weight excluding hydrogens is 384 g/mol. The molecule has 2 N–H and O–H groups in total. The number of nitrogens with one attached hydrogen (secondary N) is 1. The van der Waals surface area contributed by atoms with Crippen LogP contribution < -0.4 is 10.2 Å². The van der Waals surface area contributed by atoms with Crippen LogP contribution in [0.5, 0.6) is 0 Å². The van der Waals surface area contributed by atoms with E-state index in [1.807, 2.05) is 16.8 Å². The average Bonchev–Trinajstić information content (AvgIpc) is 3.33. The third-order valence-corrected chi connectivity index (χ3v) is 4.60. The fourth-order valence-corrected chi connectivity index (χ4v) is 3.20. The zero-order chi connectivity index (χ0) is 17.6. The number of aliphatic hydroxyl groups excluding tert-OH is 1. The normalized spacial score (nSPS) is 13.6. The summed E-state index contributed by atoms with van der Waals surface area (Å²) in [6.45, 7) is 2.83. The molecule has 1 aliphatic rings. The summed E-state index contributed by atoms with van der Waals surface area (Å²) < 4.78 is 2.74. The van der Waals surface area contributed by atoms with Crippen LogP contribution in [0.4, 0.5) is 11.6 Å². The van der Waals surface area contributed by atoms with Crippen LogP contribution in [0.3, 0.4) is 0 Å². The Hall–Kier alpha value is -2.19. The van der Waals surface area contributed by atoms with Gasteiger partial charge in [-0.05, 0) is 40.4 Å². The van der Waals surface area contributed by atoms with E-state index in [9.17, 15) is 0 Å². The Labute approximate surface area is 154 Å². The molecule has 1 saturated heterocycles. The number of rotatable bonds is 4. The SMILES string of the molecule is Brc1cnn2c(NCc3cccnc3)cc(N3CCCC3)nc12.CO. The Morgan fingerprint density at radius 2 is 2.04 bits per heavy atom. The van der Waals surface area contributed by atoms with Crippen molar-refractivity contribution in [1.82, 2.24) is 19.6 Å². The molecule has 0 saturated carbocycles. The van der Waals surface area contributed by atoms with Gasteiger partial charge >= 0.3 is 0 Å². The highest BCUT2D eigenvalue weighted by atomic mass is 79.9. The first-order valence-corrected chi connectivity index (χ1v) is 8.97. The third kappa shape index (κ3) is 3.91. The Bertz CT molecular complexity index is 817. The lowest BCUT2D eigenvalue weighted by atomic mass is 10.3. The van der Waals surface area contributed by atoms with E-state index < -0.39 is 0 Å². The van der Waals surface area contributed by atoms with Crippen molar-refractivity contribution < 1.29 is 5.11 Å². The first kappa shape index (κ1) is 17.6. The van der Waals surface area contributed by atoms with Crippen molar-refractivity contribution in [2.24, 2.45) is 0 Å². The molecule has 7 nitrogen and oxygen atoms in total. The van der Waals surface area contributed by atoms with Gasteiger partial charge in [0.15, 0.2) is 5.65 Å². The third-order valence-electron chi connectivity index (χ3n) is 4.04. The van der Waals surface area contributed by atoms with E-state index in [4.69, 9.17) is 10.1 Å². The summed E-state index contributed by atoms with van der Waals surface area (Å²) >= 11 is 3.54. The molecule has 3 aromatic rings. The predicted molar refractivity (Wildman–Crippen MR) is 102 cm³/mol. The maximum atomic E-state index is 7.00. The van der Waals surface area contributed by atoms with Crippen molar-refractivity contribution in [2.45, 2.75) is 19.4 Å². The number of hydrogen-bond donors (Lipinski definition) is 2. The fraction of sp³-hybridized carbons (Fsp3) is 0.353. The van der Waals surface area contributed by atoms with Crippen LogP contribution in [0.15, 0.2) is 41.3 Å². The molecule has 8 heteroatoms. The summed E-state index contributed by atoms with van der Waals surface area (Å²) in [5.41, 5.74) is 1.97. The van der Waals surface area contributed by atoms with E-state index >= 15 is 0 Å². The predicted octanol–water partition coefficient (Wildman–Crippen LogP) is 2.71. The van der Waals surface area contributed by atoms with Crippen molar-refractivity contribution in [2.75, 3.05) is 30.4 Å². The second-order valence-electron chi connectivity index (χ2n) is 5.64. The van der Waals surface area contributed by atoms with Gasteiger partial charge in [-0.1, -0.05) is 6.07 Å². The van der Waals surface area contributed by atoms with Gasteiger partial charge in [0.2, 0.25) is 0 Å². The van der Waals surface area contributed by atoms with Gasteiger partial charge < -0.3 is 15.3 Å². The summed E-state index contributed by atoms with van der Waals surface area (Å²) in [7, 11) is 1.00. The quantitative estimate of drug-likeness (QED) is 0.695. The molecule has 1 aliphatic heterocycles. The van der Waals surface area contributed by atoms with E-state index in [1.54, 1.807) is 12.4 Å². The van der Waals surface area contributed by atoms with Crippen LogP contribution in [0.25, 0.3) is 5.65 Å². The second-order valence-corrected chi connectivity index (χ2v) is 6.49. The Balaban J connectivity index is 0.000000880. The number of nitrogens with zero attached hydrogens (tertiary/aromatic N) is 5. The minimum atomic E-state index is 0.698. The van der Waals surface area contributed by atoms with E-state index in [-0.39, 0.29) is 0 Å². The maximum Gasteiger partial charge on any atom is 0.173 e. The molecule has 1 fully saturated rings. The largest absolute Gasteiger partial charge is 0.400 e. The van der Waals surface area contributed by atoms with Crippen molar-refractivity contribution in [1.29, 1.82) is 0 Å². The summed E-state index contributed by atoms with van der Waals surface area (Å²) in [6.07, 6.45) is 7.89. The second kappa shape index (κ2) is 8.26. The van der Waals surface area contributed by atoms with Gasteiger partial charge in [0.05, 0.1) is 10.7 Å². The first-order valence-electron chi connectivity index (χ1n) is 8.18. The van der Waals surface area contributed by atoms with E-state index in [0.29, 0.717) is 6.54 Å². The summed E-state index contributed by atoms with van der Waals surface area (Å²) in [5, 5.41) is 14.9. The van der Waals surface area contributed by atoms with Crippen LogP contribution in [0.2, 0.25) is 0 Å². The Kier molecular flexibility index (Phi) is 5.83. The molecule has 4 rings (SSSR count). The van der Waals surface area contributed by atoms with Gasteiger partial charge in [-0.3, -0.25) is 4.98 Å². The lowest BCUT2D eigenvalue weighted by Crippen LogP contribution is -2.20. The van der Waals surface area contributed by atoms with E-state index in [1.165, 1.54) is 12.8 Å². The van der Waals surface area contributed by atoms with Gasteiger partial charge in [0.1, 0.15) is 11.6 Å². The molecule has 132 valence electrons. The number of halogens is 1. The van der Waals surface area contributed by atoms with Crippen LogP contribution in [-0.2, 0) is 6.54 Å². The van der Waals surface area contributed by atoms with Gasteiger partial charge in [-0.15, -0.1) is 0 Å². The Morgan fingerprint density at radius 1 is 1.24 bits per heavy atom. The molecule has 0 unspecified atom stereocenters. The van der Waals surface area contributed by atoms with E-state index in [0.717, 1.165) is 47.5 Å². The zero-order valence-electron chi connectivity index (χ0n) is 14.1. The summed E-state index contributed by atoms with van der Waals surface area (Å²) in [4.78, 5) is 11.2. The molecule has 0 radical (unpaired) electrons. The average molecular weight is 405 g/mol. The number of aromatic nitrogens is 4. The minimum absolute atomic E-state index is 0.698. The van der Waals surface area contributed by atoms with Crippen molar-refractivity contribution in [3.8, 4) is 0 Å². The highest BCUT2D eigenvalue weighted by Crippen LogP contribution is 2.26. The van der Waals surface area contributed by atoms with E-state index in [2.05, 4.69) is 48.4 Å². The number of pyridine rings is 1. The van der Waals surface area contributed by atoms with Crippen LogP contribution in [-0.4, -0.2) is 44.9 Å². The molecule has 25 heavy (non-hydrogen) atoms. The van der Waals surface area contributed by atoms with Gasteiger partial charge in [-0.2, -0.15) is 9.61 Å². The number of fused-ring (bicyclic) bond motifs is 1. The Morgan fingerprint density at radius 3 is 2.76 bits per heavy atom. The van der Waals surface area contributed by atoms with Crippen molar-refractivity contribution in [3.05, 3.63) is 46.8 Å². The van der Waals surface area contributed by atoms with Crippen LogP contribution >= 0.6 is 15.9 Å². The number of aliphatic hydroxyl groups is 1. The van der Waals surface area contributed by atoms with Gasteiger partial charge in [0.25, 0.3) is 0 Å². The van der Waals surface area contributed by atoms with Crippen molar-refractivity contribution >= 4 is 33.2 Å². The minimum Gasteiger partial charge on any atom is -0.400 e. The maximum absolute atomic E-state index is 7.00. The molecule has 3 aromatic heterocycles.